The third kappa shape index (κ3) is 4.97. The Bertz CT molecular complexity index is 914. The number of nitrogens with one attached hydrogen (secondary N) is 1. The van der Waals surface area contributed by atoms with E-state index in [1.807, 2.05) is 24.3 Å². The van der Waals surface area contributed by atoms with E-state index in [4.69, 9.17) is 14.2 Å². The molecule has 0 atom stereocenters. The second kappa shape index (κ2) is 9.36. The minimum Gasteiger partial charge on any atom is -0.493 e. The van der Waals surface area contributed by atoms with E-state index in [1.165, 1.54) is 11.0 Å². The number of tetrazole rings is 1. The van der Waals surface area contributed by atoms with Crippen molar-refractivity contribution in [3.05, 3.63) is 54.4 Å². The Morgan fingerprint density at radius 1 is 1.11 bits per heavy atom. The van der Waals surface area contributed by atoms with Crippen molar-refractivity contribution < 1.29 is 19.0 Å². The number of carbonyl (C=O) groups is 1. The number of hydrogen-bond donors (Lipinski definition) is 1. The Morgan fingerprint density at radius 2 is 1.96 bits per heavy atom. The number of amides is 1. The number of methoxy groups -OCH3 is 2. The number of ether oxygens (including phenoxy) is 3. The predicted octanol–water partition coefficient (Wildman–Crippen LogP) is 1.42. The van der Waals surface area contributed by atoms with E-state index in [2.05, 4.69) is 20.8 Å². The summed E-state index contributed by atoms with van der Waals surface area (Å²) in [4.78, 5) is 12.0. The molecule has 1 aromatic heterocycles. The zero-order valence-corrected chi connectivity index (χ0v) is 15.7. The van der Waals surface area contributed by atoms with Gasteiger partial charge in [0.05, 0.1) is 19.9 Å². The molecule has 0 aliphatic rings. The molecule has 3 aromatic rings. The molecule has 0 spiro atoms. The minimum absolute atomic E-state index is 0.0784. The maximum atomic E-state index is 12.0. The zero-order chi connectivity index (χ0) is 19.8. The minimum atomic E-state index is -0.201. The molecule has 0 aliphatic carbocycles. The van der Waals surface area contributed by atoms with E-state index >= 15 is 0 Å². The van der Waals surface area contributed by atoms with E-state index < -0.39 is 0 Å². The van der Waals surface area contributed by atoms with Gasteiger partial charge in [0.2, 0.25) is 0 Å². The first kappa shape index (κ1) is 19.2. The molecule has 0 saturated heterocycles. The first-order valence-electron chi connectivity index (χ1n) is 8.63. The molecule has 9 nitrogen and oxygen atoms in total. The molecule has 1 N–H and O–H groups in total. The predicted molar refractivity (Wildman–Crippen MR) is 101 cm³/mol. The molecule has 0 aliphatic heterocycles. The van der Waals surface area contributed by atoms with Crippen molar-refractivity contribution in [1.82, 2.24) is 25.5 Å². The van der Waals surface area contributed by atoms with Crippen LogP contribution in [0.15, 0.2) is 48.8 Å². The summed E-state index contributed by atoms with van der Waals surface area (Å²) in [5.74, 6) is 1.70. The Hall–Kier alpha value is -3.62. The van der Waals surface area contributed by atoms with Gasteiger partial charge in [0.1, 0.15) is 12.1 Å². The second-order valence-electron chi connectivity index (χ2n) is 5.83. The van der Waals surface area contributed by atoms with E-state index in [0.29, 0.717) is 30.2 Å². The molecular weight excluding hydrogens is 362 g/mol. The van der Waals surface area contributed by atoms with E-state index in [-0.39, 0.29) is 12.5 Å². The third-order valence-corrected chi connectivity index (χ3v) is 3.98. The first-order valence-corrected chi connectivity index (χ1v) is 8.63. The van der Waals surface area contributed by atoms with Gasteiger partial charge in [-0.3, -0.25) is 4.79 Å². The quantitative estimate of drug-likeness (QED) is 0.596. The van der Waals surface area contributed by atoms with Crippen LogP contribution < -0.4 is 19.5 Å². The summed E-state index contributed by atoms with van der Waals surface area (Å²) in [6, 6.07) is 12.9. The van der Waals surface area contributed by atoms with Gasteiger partial charge in [-0.2, -0.15) is 0 Å². The summed E-state index contributed by atoms with van der Waals surface area (Å²) in [5, 5.41) is 13.8. The number of hydrogen-bond acceptors (Lipinski definition) is 7. The molecule has 3 rings (SSSR count). The largest absolute Gasteiger partial charge is 0.493 e. The molecule has 1 amide bonds. The van der Waals surface area contributed by atoms with Crippen LogP contribution in [0, 0.1) is 0 Å². The van der Waals surface area contributed by atoms with Gasteiger partial charge in [-0.1, -0.05) is 12.1 Å². The molecule has 146 valence electrons. The molecule has 2 aromatic carbocycles. The van der Waals surface area contributed by atoms with E-state index in [1.54, 1.807) is 32.4 Å². The molecular formula is C19H21N5O4. The van der Waals surface area contributed by atoms with Gasteiger partial charge in [0.25, 0.3) is 5.91 Å². The Balaban J connectivity index is 1.46. The van der Waals surface area contributed by atoms with Crippen molar-refractivity contribution in [3.8, 4) is 22.9 Å². The highest BCUT2D eigenvalue weighted by Crippen LogP contribution is 2.27. The van der Waals surface area contributed by atoms with Gasteiger partial charge < -0.3 is 19.5 Å². The Labute approximate surface area is 162 Å². The normalized spacial score (nSPS) is 10.4. The second-order valence-corrected chi connectivity index (χ2v) is 5.83. The summed E-state index contributed by atoms with van der Waals surface area (Å²) in [6.45, 7) is 0.410. The number of benzene rings is 2. The average molecular weight is 383 g/mol. The smallest absolute Gasteiger partial charge is 0.257 e. The lowest BCUT2D eigenvalue weighted by molar-refractivity contribution is -0.123. The van der Waals surface area contributed by atoms with Crippen molar-refractivity contribution in [2.24, 2.45) is 0 Å². The van der Waals surface area contributed by atoms with Crippen molar-refractivity contribution >= 4 is 5.91 Å². The summed E-state index contributed by atoms with van der Waals surface area (Å²) >= 11 is 0. The van der Waals surface area contributed by atoms with E-state index in [9.17, 15) is 4.79 Å². The van der Waals surface area contributed by atoms with Crippen LogP contribution in [0.2, 0.25) is 0 Å². The highest BCUT2D eigenvalue weighted by molar-refractivity contribution is 5.77. The lowest BCUT2D eigenvalue weighted by Gasteiger charge is -2.11. The summed E-state index contributed by atoms with van der Waals surface area (Å²) < 4.78 is 17.6. The van der Waals surface area contributed by atoms with Crippen molar-refractivity contribution in [3.63, 3.8) is 0 Å². The Morgan fingerprint density at radius 3 is 2.71 bits per heavy atom. The monoisotopic (exact) mass is 383 g/mol. The highest BCUT2D eigenvalue weighted by Gasteiger charge is 2.07. The maximum Gasteiger partial charge on any atom is 0.257 e. The van der Waals surface area contributed by atoms with E-state index in [0.717, 1.165) is 11.3 Å². The van der Waals surface area contributed by atoms with Crippen LogP contribution in [0.25, 0.3) is 5.69 Å². The number of aromatic nitrogens is 4. The topological polar surface area (TPSA) is 100 Å². The highest BCUT2D eigenvalue weighted by atomic mass is 16.5. The summed E-state index contributed by atoms with van der Waals surface area (Å²) in [5.41, 5.74) is 1.78. The molecule has 1 heterocycles. The van der Waals surface area contributed by atoms with Gasteiger partial charge in [-0.25, -0.2) is 4.68 Å². The fourth-order valence-corrected chi connectivity index (χ4v) is 2.58. The number of rotatable bonds is 9. The molecule has 28 heavy (non-hydrogen) atoms. The van der Waals surface area contributed by atoms with Crippen LogP contribution in [0.3, 0.4) is 0 Å². The first-order chi connectivity index (χ1) is 13.7. The lowest BCUT2D eigenvalue weighted by atomic mass is 10.1. The van der Waals surface area contributed by atoms with Crippen LogP contribution >= 0.6 is 0 Å². The van der Waals surface area contributed by atoms with Crippen LogP contribution in [0.5, 0.6) is 17.2 Å². The van der Waals surface area contributed by atoms with Gasteiger partial charge >= 0.3 is 0 Å². The van der Waals surface area contributed by atoms with Gasteiger partial charge in [0.15, 0.2) is 18.1 Å². The summed E-state index contributed by atoms with van der Waals surface area (Å²) in [6.07, 6.45) is 2.15. The fourth-order valence-electron chi connectivity index (χ4n) is 2.58. The third-order valence-electron chi connectivity index (χ3n) is 3.98. The lowest BCUT2D eigenvalue weighted by Crippen LogP contribution is -2.30. The maximum absolute atomic E-state index is 12.0. The van der Waals surface area contributed by atoms with Crippen LogP contribution in [-0.4, -0.2) is 53.5 Å². The summed E-state index contributed by atoms with van der Waals surface area (Å²) in [7, 11) is 3.19. The average Bonchev–Trinajstić information content (AvgIpc) is 3.27. The number of nitrogens with zero attached hydrogens (tertiary/aromatic N) is 4. The molecule has 0 unspecified atom stereocenters. The van der Waals surface area contributed by atoms with Crippen molar-refractivity contribution in [1.29, 1.82) is 0 Å². The van der Waals surface area contributed by atoms with Crippen LogP contribution in [-0.2, 0) is 11.2 Å². The van der Waals surface area contributed by atoms with Crippen LogP contribution in [0.4, 0.5) is 0 Å². The van der Waals surface area contributed by atoms with Crippen molar-refractivity contribution in [2.45, 2.75) is 6.42 Å². The molecule has 0 fully saturated rings. The molecule has 0 saturated carbocycles. The van der Waals surface area contributed by atoms with Gasteiger partial charge in [0, 0.05) is 12.6 Å². The Kier molecular flexibility index (Phi) is 6.40. The fraction of sp³-hybridized carbons (Fsp3) is 0.263. The van der Waals surface area contributed by atoms with Crippen molar-refractivity contribution in [2.75, 3.05) is 27.4 Å². The standard InChI is InChI=1S/C19H21N5O4/c1-26-17-7-6-14(10-18(17)27-2)8-9-20-19(25)12-28-16-5-3-4-15(11-16)24-13-21-22-23-24/h3-7,10-11,13H,8-9,12H2,1-2H3,(H,20,25). The molecule has 9 heteroatoms. The van der Waals surface area contributed by atoms with Gasteiger partial charge in [-0.05, 0) is 46.7 Å². The molecule has 0 bridgehead atoms. The number of carbonyl (C=O) groups excluding carboxylic acids is 1. The van der Waals surface area contributed by atoms with Gasteiger partial charge in [-0.15, -0.1) is 5.10 Å². The zero-order valence-electron chi connectivity index (χ0n) is 15.7. The van der Waals surface area contributed by atoms with Crippen LogP contribution in [0.1, 0.15) is 5.56 Å². The molecule has 0 radical (unpaired) electrons. The SMILES string of the molecule is COc1ccc(CCNC(=O)COc2cccc(-n3cnnn3)c2)cc1OC.